The number of rotatable bonds is 4. The van der Waals surface area contributed by atoms with Crippen molar-refractivity contribution in [2.24, 2.45) is 0 Å². The fourth-order valence-electron chi connectivity index (χ4n) is 1.85. The van der Waals surface area contributed by atoms with E-state index in [9.17, 15) is 15.0 Å². The summed E-state index contributed by atoms with van der Waals surface area (Å²) in [5.74, 6) is -0.623. The summed E-state index contributed by atoms with van der Waals surface area (Å²) in [4.78, 5) is 15.4. The predicted molar refractivity (Wildman–Crippen MR) is 82.7 cm³/mol. The van der Waals surface area contributed by atoms with E-state index in [-0.39, 0.29) is 5.69 Å². The van der Waals surface area contributed by atoms with E-state index in [0.717, 1.165) is 10.8 Å². The molecule has 112 valence electrons. The Morgan fingerprint density at radius 3 is 2.38 bits per heavy atom. The van der Waals surface area contributed by atoms with E-state index >= 15 is 0 Å². The molecule has 0 saturated carbocycles. The molecular weight excluding hydrogens is 268 g/mol. The molecule has 0 aliphatic carbocycles. The fraction of sp³-hybridized carbons (Fsp3) is 0.375. The van der Waals surface area contributed by atoms with Gasteiger partial charge in [-0.25, -0.2) is 9.78 Å². The molecule has 1 heterocycles. The van der Waals surface area contributed by atoms with Crippen LogP contribution in [0.5, 0.6) is 0 Å². The third-order valence-corrected chi connectivity index (χ3v) is 3.92. The summed E-state index contributed by atoms with van der Waals surface area (Å²) in [6.07, 6.45) is 0. The molecule has 3 N–H and O–H groups in total. The standard InChI is InChI=1S/C16H20N2O3/c1-15(2,16(3,4)21)18-13-11-8-6-5-7-10(11)9-12(17-13)14(19)20/h5-9,21H,1-4H3,(H,17,18)(H,19,20). The Bertz CT molecular complexity index is 687. The van der Waals surface area contributed by atoms with Gasteiger partial charge in [0.15, 0.2) is 5.69 Å². The Morgan fingerprint density at radius 1 is 1.19 bits per heavy atom. The molecule has 0 saturated heterocycles. The lowest BCUT2D eigenvalue weighted by atomic mass is 9.86. The highest BCUT2D eigenvalue weighted by Crippen LogP contribution is 2.29. The van der Waals surface area contributed by atoms with Crippen LogP contribution < -0.4 is 5.32 Å². The van der Waals surface area contributed by atoms with Crippen molar-refractivity contribution in [1.29, 1.82) is 0 Å². The Kier molecular flexibility index (Phi) is 3.63. The van der Waals surface area contributed by atoms with Crippen molar-refractivity contribution in [1.82, 2.24) is 4.98 Å². The van der Waals surface area contributed by atoms with Crippen LogP contribution in [0.25, 0.3) is 10.8 Å². The lowest BCUT2D eigenvalue weighted by Gasteiger charge is -2.38. The van der Waals surface area contributed by atoms with Gasteiger partial charge in [-0.15, -0.1) is 0 Å². The van der Waals surface area contributed by atoms with E-state index < -0.39 is 17.1 Å². The zero-order valence-corrected chi connectivity index (χ0v) is 12.6. The minimum absolute atomic E-state index is 0.0252. The summed E-state index contributed by atoms with van der Waals surface area (Å²) in [5, 5.41) is 24.2. The van der Waals surface area contributed by atoms with Gasteiger partial charge in [0.2, 0.25) is 0 Å². The van der Waals surface area contributed by atoms with E-state index in [1.807, 2.05) is 38.1 Å². The van der Waals surface area contributed by atoms with Gasteiger partial charge in [0, 0.05) is 5.39 Å². The maximum atomic E-state index is 11.2. The van der Waals surface area contributed by atoms with Crippen LogP contribution in [0.3, 0.4) is 0 Å². The minimum atomic E-state index is -1.08. The van der Waals surface area contributed by atoms with Gasteiger partial charge >= 0.3 is 5.97 Å². The van der Waals surface area contributed by atoms with Crippen LogP contribution in [0.1, 0.15) is 38.2 Å². The van der Waals surface area contributed by atoms with Crippen molar-refractivity contribution < 1.29 is 15.0 Å². The molecule has 0 unspecified atom stereocenters. The number of fused-ring (bicyclic) bond motifs is 1. The number of anilines is 1. The number of hydrogen-bond acceptors (Lipinski definition) is 4. The van der Waals surface area contributed by atoms with Gasteiger partial charge < -0.3 is 15.5 Å². The van der Waals surface area contributed by atoms with E-state index in [4.69, 9.17) is 0 Å². The van der Waals surface area contributed by atoms with Crippen molar-refractivity contribution in [2.75, 3.05) is 5.32 Å². The highest BCUT2D eigenvalue weighted by atomic mass is 16.4. The maximum absolute atomic E-state index is 11.2. The van der Waals surface area contributed by atoms with Crippen molar-refractivity contribution in [2.45, 2.75) is 38.8 Å². The molecule has 2 rings (SSSR count). The number of pyridine rings is 1. The monoisotopic (exact) mass is 288 g/mol. The van der Waals surface area contributed by atoms with Crippen LogP contribution in [0, 0.1) is 0 Å². The molecule has 0 bridgehead atoms. The van der Waals surface area contributed by atoms with Crippen molar-refractivity contribution in [3.8, 4) is 0 Å². The summed E-state index contributed by atoms with van der Waals surface area (Å²) < 4.78 is 0. The first kappa shape index (κ1) is 15.3. The normalized spacial score (nSPS) is 12.4. The molecule has 0 spiro atoms. The Morgan fingerprint density at radius 2 is 1.81 bits per heavy atom. The summed E-state index contributed by atoms with van der Waals surface area (Å²) >= 11 is 0. The van der Waals surface area contributed by atoms with E-state index in [2.05, 4.69) is 10.3 Å². The Labute approximate surface area is 123 Å². The molecule has 0 atom stereocenters. The van der Waals surface area contributed by atoms with Crippen LogP contribution in [-0.2, 0) is 0 Å². The van der Waals surface area contributed by atoms with Crippen molar-refractivity contribution in [3.63, 3.8) is 0 Å². The van der Waals surface area contributed by atoms with Crippen LogP contribution in [0.15, 0.2) is 30.3 Å². The number of carbonyl (C=O) groups is 1. The molecule has 0 amide bonds. The van der Waals surface area contributed by atoms with Crippen molar-refractivity contribution in [3.05, 3.63) is 36.0 Å². The second kappa shape index (κ2) is 5.00. The van der Waals surface area contributed by atoms with Gasteiger partial charge in [0.05, 0.1) is 11.1 Å². The van der Waals surface area contributed by atoms with Gasteiger partial charge in [-0.3, -0.25) is 0 Å². The third-order valence-electron chi connectivity index (χ3n) is 3.92. The average molecular weight is 288 g/mol. The van der Waals surface area contributed by atoms with Gasteiger partial charge in [0.25, 0.3) is 0 Å². The molecule has 2 aromatic rings. The van der Waals surface area contributed by atoms with Crippen LogP contribution in [0.2, 0.25) is 0 Å². The molecule has 5 heteroatoms. The van der Waals surface area contributed by atoms with E-state index in [1.54, 1.807) is 19.9 Å². The number of aromatic carboxylic acids is 1. The fourth-order valence-corrected chi connectivity index (χ4v) is 1.85. The molecule has 0 fully saturated rings. The molecule has 1 aromatic heterocycles. The summed E-state index contributed by atoms with van der Waals surface area (Å²) in [6, 6.07) is 8.97. The van der Waals surface area contributed by atoms with Gasteiger partial charge in [0.1, 0.15) is 5.82 Å². The molecule has 0 aliphatic rings. The molecule has 0 aliphatic heterocycles. The smallest absolute Gasteiger partial charge is 0.354 e. The second-order valence-electron chi connectivity index (χ2n) is 6.19. The number of aromatic nitrogens is 1. The zero-order chi connectivity index (χ0) is 15.8. The number of nitrogens with one attached hydrogen (secondary N) is 1. The van der Waals surface area contributed by atoms with Crippen LogP contribution in [-0.4, -0.2) is 32.3 Å². The molecule has 0 radical (unpaired) electrons. The number of hydrogen-bond donors (Lipinski definition) is 3. The van der Waals surface area contributed by atoms with Crippen LogP contribution in [0.4, 0.5) is 5.82 Å². The highest BCUT2D eigenvalue weighted by molar-refractivity contribution is 5.97. The molecule has 21 heavy (non-hydrogen) atoms. The third kappa shape index (κ3) is 2.97. The molecule has 5 nitrogen and oxygen atoms in total. The number of nitrogens with zero attached hydrogens (tertiary/aromatic N) is 1. The SMILES string of the molecule is CC(C)(O)C(C)(C)Nc1nc(C(=O)O)cc2ccccc12. The number of carboxylic acids is 1. The first-order valence-corrected chi connectivity index (χ1v) is 6.75. The largest absolute Gasteiger partial charge is 0.477 e. The van der Waals surface area contributed by atoms with E-state index in [1.165, 1.54) is 0 Å². The van der Waals surface area contributed by atoms with Gasteiger partial charge in [-0.2, -0.15) is 0 Å². The topological polar surface area (TPSA) is 82.5 Å². The highest BCUT2D eigenvalue weighted by Gasteiger charge is 2.35. The number of carboxylic acid groups (broad SMARTS) is 1. The van der Waals surface area contributed by atoms with Gasteiger partial charge in [-0.05, 0) is 39.1 Å². The van der Waals surface area contributed by atoms with Crippen molar-refractivity contribution >= 4 is 22.6 Å². The van der Waals surface area contributed by atoms with Gasteiger partial charge in [-0.1, -0.05) is 24.3 Å². The average Bonchev–Trinajstić information content (AvgIpc) is 2.36. The summed E-state index contributed by atoms with van der Waals surface area (Å²) in [5.41, 5.74) is -1.71. The van der Waals surface area contributed by atoms with Crippen LogP contribution >= 0.6 is 0 Å². The summed E-state index contributed by atoms with van der Waals surface area (Å²) in [6.45, 7) is 7.08. The minimum Gasteiger partial charge on any atom is -0.477 e. The first-order valence-electron chi connectivity index (χ1n) is 6.75. The molecular formula is C16H20N2O3. The zero-order valence-electron chi connectivity index (χ0n) is 12.6. The summed E-state index contributed by atoms with van der Waals surface area (Å²) in [7, 11) is 0. The Balaban J connectivity index is 2.59. The number of benzene rings is 1. The Hall–Kier alpha value is -2.14. The quantitative estimate of drug-likeness (QED) is 0.805. The number of aliphatic hydroxyl groups is 1. The second-order valence-corrected chi connectivity index (χ2v) is 6.19. The predicted octanol–water partition coefficient (Wildman–Crippen LogP) is 2.89. The lowest BCUT2D eigenvalue weighted by molar-refractivity contribution is 0.0239. The molecule has 1 aromatic carbocycles. The first-order chi connectivity index (χ1) is 9.62. The maximum Gasteiger partial charge on any atom is 0.354 e. The van der Waals surface area contributed by atoms with E-state index in [0.29, 0.717) is 5.82 Å². The lowest BCUT2D eigenvalue weighted by Crippen LogP contribution is -2.51.